The third-order valence-electron chi connectivity index (χ3n) is 4.03. The maximum Gasteiger partial charge on any atom is 0.162 e. The summed E-state index contributed by atoms with van der Waals surface area (Å²) >= 11 is 1.49. The van der Waals surface area contributed by atoms with E-state index < -0.39 is 6.10 Å². The van der Waals surface area contributed by atoms with Crippen LogP contribution < -0.4 is 4.74 Å². The Hall–Kier alpha value is -2.44. The standard InChI is InChI=1S/C21H22N2O3S/c1-3-20(25)15-8-10-17(11-9-15)26-12-16(24)13-27-21-18-6-4-5-7-19(18)22-14(2)23-21/h4-11,16,24H,3,12-13H2,1-2H3/t16-/m0/s1. The second kappa shape index (κ2) is 8.97. The van der Waals surface area contributed by atoms with E-state index in [0.29, 0.717) is 29.3 Å². The quantitative estimate of drug-likeness (QED) is 0.360. The van der Waals surface area contributed by atoms with Gasteiger partial charge in [0.05, 0.1) is 11.6 Å². The topological polar surface area (TPSA) is 72.3 Å². The molecular formula is C21H22N2O3S. The lowest BCUT2D eigenvalue weighted by Gasteiger charge is -2.13. The number of ether oxygens (including phenoxy) is 1. The molecule has 2 aromatic carbocycles. The van der Waals surface area contributed by atoms with Crippen LogP contribution in [-0.4, -0.2) is 39.3 Å². The Morgan fingerprint density at radius 3 is 2.63 bits per heavy atom. The summed E-state index contributed by atoms with van der Waals surface area (Å²) in [5, 5.41) is 12.1. The van der Waals surface area contributed by atoms with Gasteiger partial charge in [0.25, 0.3) is 0 Å². The Morgan fingerprint density at radius 2 is 1.89 bits per heavy atom. The highest BCUT2D eigenvalue weighted by Crippen LogP contribution is 2.25. The molecule has 0 amide bonds. The summed E-state index contributed by atoms with van der Waals surface area (Å²) in [6, 6.07) is 14.9. The number of Topliss-reactive ketones (excluding diaryl/α,β-unsaturated/α-hetero) is 1. The summed E-state index contributed by atoms with van der Waals surface area (Å²) in [4.78, 5) is 20.6. The number of rotatable bonds is 8. The van der Waals surface area contributed by atoms with Gasteiger partial charge in [0, 0.05) is 23.1 Å². The normalized spacial score (nSPS) is 12.1. The van der Waals surface area contributed by atoms with E-state index in [0.717, 1.165) is 15.9 Å². The smallest absolute Gasteiger partial charge is 0.162 e. The van der Waals surface area contributed by atoms with Gasteiger partial charge in [-0.25, -0.2) is 9.97 Å². The molecule has 1 N–H and O–H groups in total. The highest BCUT2D eigenvalue weighted by atomic mass is 32.2. The first kappa shape index (κ1) is 19.3. The minimum absolute atomic E-state index is 0.102. The first-order chi connectivity index (χ1) is 13.1. The SMILES string of the molecule is CCC(=O)c1ccc(OC[C@H](O)CSc2nc(C)nc3ccccc23)cc1. The molecule has 0 unspecified atom stereocenters. The number of aromatic nitrogens is 2. The van der Waals surface area contributed by atoms with Crippen LogP contribution in [0.3, 0.4) is 0 Å². The van der Waals surface area contributed by atoms with Crippen LogP contribution in [0.15, 0.2) is 53.6 Å². The van der Waals surface area contributed by atoms with Gasteiger partial charge < -0.3 is 9.84 Å². The van der Waals surface area contributed by atoms with Crippen molar-refractivity contribution in [1.29, 1.82) is 0 Å². The lowest BCUT2D eigenvalue weighted by Crippen LogP contribution is -2.20. The van der Waals surface area contributed by atoms with E-state index in [4.69, 9.17) is 4.74 Å². The van der Waals surface area contributed by atoms with E-state index in [9.17, 15) is 9.90 Å². The number of nitrogens with zero attached hydrogens (tertiary/aromatic N) is 2. The van der Waals surface area contributed by atoms with Crippen LogP contribution in [0.25, 0.3) is 10.9 Å². The van der Waals surface area contributed by atoms with Gasteiger partial charge in [-0.2, -0.15) is 0 Å². The zero-order valence-electron chi connectivity index (χ0n) is 15.4. The Bertz CT molecular complexity index is 928. The predicted molar refractivity (Wildman–Crippen MR) is 108 cm³/mol. The average Bonchev–Trinajstić information content (AvgIpc) is 2.70. The number of aliphatic hydroxyl groups excluding tert-OH is 1. The Kier molecular flexibility index (Phi) is 6.42. The molecule has 1 aromatic heterocycles. The summed E-state index contributed by atoms with van der Waals surface area (Å²) < 4.78 is 5.63. The molecule has 0 bridgehead atoms. The number of fused-ring (bicyclic) bond motifs is 1. The molecule has 0 saturated carbocycles. The van der Waals surface area contributed by atoms with Crippen molar-refractivity contribution < 1.29 is 14.6 Å². The van der Waals surface area contributed by atoms with Crippen molar-refractivity contribution in [3.8, 4) is 5.75 Å². The highest BCUT2D eigenvalue weighted by molar-refractivity contribution is 7.99. The molecule has 0 aliphatic carbocycles. The molecule has 0 spiro atoms. The third-order valence-corrected chi connectivity index (χ3v) is 5.17. The average molecular weight is 382 g/mol. The van der Waals surface area contributed by atoms with Gasteiger partial charge in [0.1, 0.15) is 23.2 Å². The van der Waals surface area contributed by atoms with Crippen molar-refractivity contribution in [3.05, 3.63) is 59.9 Å². The van der Waals surface area contributed by atoms with Crippen molar-refractivity contribution in [2.24, 2.45) is 0 Å². The molecule has 1 atom stereocenters. The van der Waals surface area contributed by atoms with Crippen LogP contribution in [-0.2, 0) is 0 Å². The Labute approximate surface area is 162 Å². The molecule has 1 heterocycles. The summed E-state index contributed by atoms with van der Waals surface area (Å²) in [6.07, 6.45) is -0.158. The minimum Gasteiger partial charge on any atom is -0.491 e. The van der Waals surface area contributed by atoms with E-state index in [1.165, 1.54) is 11.8 Å². The molecule has 5 nitrogen and oxygen atoms in total. The van der Waals surface area contributed by atoms with Crippen molar-refractivity contribution in [3.63, 3.8) is 0 Å². The second-order valence-electron chi connectivity index (χ2n) is 6.17. The predicted octanol–water partition coefficient (Wildman–Crippen LogP) is 4.06. The van der Waals surface area contributed by atoms with Gasteiger partial charge in [-0.15, -0.1) is 11.8 Å². The molecule has 0 saturated heterocycles. The number of thioether (sulfide) groups is 1. The van der Waals surface area contributed by atoms with Gasteiger partial charge in [-0.05, 0) is 37.3 Å². The third kappa shape index (κ3) is 5.05. The van der Waals surface area contributed by atoms with Crippen LogP contribution >= 0.6 is 11.8 Å². The molecule has 27 heavy (non-hydrogen) atoms. The zero-order valence-corrected chi connectivity index (χ0v) is 16.2. The maximum absolute atomic E-state index is 11.6. The van der Waals surface area contributed by atoms with Crippen molar-refractivity contribution in [1.82, 2.24) is 9.97 Å². The van der Waals surface area contributed by atoms with Gasteiger partial charge in [-0.1, -0.05) is 25.1 Å². The summed E-state index contributed by atoms with van der Waals surface area (Å²) in [5.74, 6) is 1.91. The van der Waals surface area contributed by atoms with Gasteiger partial charge >= 0.3 is 0 Å². The fourth-order valence-electron chi connectivity index (χ4n) is 2.63. The van der Waals surface area contributed by atoms with Gasteiger partial charge in [-0.3, -0.25) is 4.79 Å². The largest absolute Gasteiger partial charge is 0.491 e. The first-order valence-electron chi connectivity index (χ1n) is 8.87. The fourth-order valence-corrected chi connectivity index (χ4v) is 3.60. The minimum atomic E-state index is -0.638. The van der Waals surface area contributed by atoms with Crippen LogP contribution in [0, 0.1) is 6.92 Å². The molecule has 0 radical (unpaired) electrons. The molecular weight excluding hydrogens is 360 g/mol. The van der Waals surface area contributed by atoms with Crippen molar-refractivity contribution in [2.45, 2.75) is 31.4 Å². The zero-order chi connectivity index (χ0) is 19.2. The van der Waals surface area contributed by atoms with Gasteiger partial charge in [0.15, 0.2) is 5.78 Å². The Morgan fingerprint density at radius 1 is 1.15 bits per heavy atom. The van der Waals surface area contributed by atoms with Crippen LogP contribution in [0.1, 0.15) is 29.5 Å². The lowest BCUT2D eigenvalue weighted by atomic mass is 10.1. The number of aliphatic hydroxyl groups is 1. The van der Waals surface area contributed by atoms with E-state index in [-0.39, 0.29) is 12.4 Å². The van der Waals surface area contributed by atoms with E-state index >= 15 is 0 Å². The van der Waals surface area contributed by atoms with Crippen molar-refractivity contribution in [2.75, 3.05) is 12.4 Å². The number of carbonyl (C=O) groups excluding carboxylic acids is 1. The van der Waals surface area contributed by atoms with Crippen molar-refractivity contribution >= 4 is 28.4 Å². The number of hydrogen-bond donors (Lipinski definition) is 1. The summed E-state index contributed by atoms with van der Waals surface area (Å²) in [5.41, 5.74) is 1.58. The molecule has 3 aromatic rings. The van der Waals surface area contributed by atoms with Crippen LogP contribution in [0.4, 0.5) is 0 Å². The number of aryl methyl sites for hydroxylation is 1. The second-order valence-corrected chi connectivity index (χ2v) is 7.18. The molecule has 0 fully saturated rings. The number of para-hydroxylation sites is 1. The molecule has 6 heteroatoms. The van der Waals surface area contributed by atoms with Crippen LogP contribution in [0.2, 0.25) is 0 Å². The fraction of sp³-hybridized carbons (Fsp3) is 0.286. The highest BCUT2D eigenvalue weighted by Gasteiger charge is 2.11. The lowest BCUT2D eigenvalue weighted by molar-refractivity contribution is 0.0987. The van der Waals surface area contributed by atoms with E-state index in [1.807, 2.05) is 38.1 Å². The Balaban J connectivity index is 1.56. The molecule has 0 aliphatic heterocycles. The monoisotopic (exact) mass is 382 g/mol. The van der Waals surface area contributed by atoms with Gasteiger partial charge in [0.2, 0.25) is 0 Å². The number of benzene rings is 2. The maximum atomic E-state index is 11.6. The number of ketones is 1. The van der Waals surface area contributed by atoms with Crippen LogP contribution in [0.5, 0.6) is 5.75 Å². The summed E-state index contributed by atoms with van der Waals surface area (Å²) in [6.45, 7) is 3.88. The molecule has 0 aliphatic rings. The first-order valence-corrected chi connectivity index (χ1v) is 9.85. The number of hydrogen-bond acceptors (Lipinski definition) is 6. The van der Waals surface area contributed by atoms with E-state index in [2.05, 4.69) is 9.97 Å². The summed E-state index contributed by atoms with van der Waals surface area (Å²) in [7, 11) is 0. The van der Waals surface area contributed by atoms with E-state index in [1.54, 1.807) is 24.3 Å². The molecule has 3 rings (SSSR count). The molecule has 140 valence electrons. The number of carbonyl (C=O) groups is 1.